The lowest BCUT2D eigenvalue weighted by Crippen LogP contribution is -2.21. The van der Waals surface area contributed by atoms with Crippen molar-refractivity contribution in [2.45, 2.75) is 52.4 Å². The molecule has 0 spiro atoms. The molecule has 4 atom stereocenters. The number of hydrogen-bond acceptors (Lipinski definition) is 0. The van der Waals surface area contributed by atoms with Crippen molar-refractivity contribution in [1.82, 2.24) is 0 Å². The minimum atomic E-state index is 1.04. The Morgan fingerprint density at radius 2 is 2.00 bits per heavy atom. The van der Waals surface area contributed by atoms with Crippen molar-refractivity contribution < 1.29 is 0 Å². The third-order valence-electron chi connectivity index (χ3n) is 4.39. The quantitative estimate of drug-likeness (QED) is 0.555. The molecule has 12 heavy (non-hydrogen) atoms. The van der Waals surface area contributed by atoms with Crippen molar-refractivity contribution in [3.05, 3.63) is 0 Å². The highest BCUT2D eigenvalue weighted by molar-refractivity contribution is 4.88. The van der Waals surface area contributed by atoms with Crippen LogP contribution in [0.25, 0.3) is 0 Å². The van der Waals surface area contributed by atoms with Crippen LogP contribution in [0.2, 0.25) is 0 Å². The Kier molecular flexibility index (Phi) is 2.43. The van der Waals surface area contributed by atoms with Crippen LogP contribution in [0.15, 0.2) is 0 Å². The number of rotatable bonds is 1. The van der Waals surface area contributed by atoms with E-state index in [1.54, 1.807) is 19.3 Å². The summed E-state index contributed by atoms with van der Waals surface area (Å²) < 4.78 is 0. The van der Waals surface area contributed by atoms with Crippen molar-refractivity contribution in [3.8, 4) is 0 Å². The van der Waals surface area contributed by atoms with E-state index in [0.717, 1.165) is 23.7 Å². The molecule has 2 aliphatic rings. The molecule has 0 amide bonds. The Morgan fingerprint density at radius 1 is 1.17 bits per heavy atom. The average molecular weight is 166 g/mol. The van der Waals surface area contributed by atoms with Crippen LogP contribution in [0.4, 0.5) is 0 Å². The van der Waals surface area contributed by atoms with Gasteiger partial charge in [0.15, 0.2) is 0 Å². The van der Waals surface area contributed by atoms with Crippen LogP contribution in [0, 0.1) is 23.7 Å². The smallest absolute Gasteiger partial charge is 0.0357 e. The van der Waals surface area contributed by atoms with Gasteiger partial charge in [0.05, 0.1) is 0 Å². The molecule has 2 aliphatic carbocycles. The van der Waals surface area contributed by atoms with Crippen molar-refractivity contribution in [2.75, 3.05) is 0 Å². The first-order valence-electron chi connectivity index (χ1n) is 5.81. The zero-order valence-electron chi connectivity index (χ0n) is 8.55. The van der Waals surface area contributed by atoms with E-state index in [-0.39, 0.29) is 0 Å². The lowest BCUT2D eigenvalue weighted by molar-refractivity contribution is 0.197. The van der Waals surface area contributed by atoms with Gasteiger partial charge in [-0.15, -0.1) is 0 Å². The molecule has 0 aromatic heterocycles. The summed E-state index contributed by atoms with van der Waals surface area (Å²) in [6.45, 7) is 4.85. The minimum absolute atomic E-state index is 1.04. The van der Waals surface area contributed by atoms with E-state index < -0.39 is 0 Å². The summed E-state index contributed by atoms with van der Waals surface area (Å²) in [5.41, 5.74) is 0. The fourth-order valence-electron chi connectivity index (χ4n) is 3.55. The summed E-state index contributed by atoms with van der Waals surface area (Å²) in [6, 6.07) is 0. The molecule has 70 valence electrons. The van der Waals surface area contributed by atoms with Gasteiger partial charge in [-0.2, -0.15) is 0 Å². The van der Waals surface area contributed by atoms with Crippen molar-refractivity contribution in [3.63, 3.8) is 0 Å². The van der Waals surface area contributed by atoms with Crippen LogP contribution in [-0.4, -0.2) is 0 Å². The maximum atomic E-state index is 2.48. The standard InChI is InChI=1S/C12H22/c1-3-10-7-11-6-4-5-9(2)12(11)8-10/h9-12H,3-8H2,1-2H3. The molecule has 4 unspecified atom stereocenters. The molecule has 2 rings (SSSR count). The molecule has 2 saturated carbocycles. The van der Waals surface area contributed by atoms with Gasteiger partial charge in [0, 0.05) is 0 Å². The van der Waals surface area contributed by atoms with E-state index in [2.05, 4.69) is 13.8 Å². The fourth-order valence-corrected chi connectivity index (χ4v) is 3.55. The minimum Gasteiger partial charge on any atom is -0.0651 e. The highest BCUT2D eigenvalue weighted by Gasteiger charge is 2.38. The monoisotopic (exact) mass is 166 g/mol. The van der Waals surface area contributed by atoms with Gasteiger partial charge in [-0.25, -0.2) is 0 Å². The van der Waals surface area contributed by atoms with E-state index in [4.69, 9.17) is 0 Å². The fraction of sp³-hybridized carbons (Fsp3) is 1.00. The van der Waals surface area contributed by atoms with Gasteiger partial charge in [0.1, 0.15) is 0 Å². The van der Waals surface area contributed by atoms with Crippen molar-refractivity contribution in [2.24, 2.45) is 23.7 Å². The van der Waals surface area contributed by atoms with Gasteiger partial charge in [-0.05, 0) is 36.5 Å². The lowest BCUT2D eigenvalue weighted by atomic mass is 9.75. The molecule has 0 N–H and O–H groups in total. The van der Waals surface area contributed by atoms with Gasteiger partial charge in [-0.3, -0.25) is 0 Å². The SMILES string of the molecule is CCC1CC2CCCC(C)C2C1. The zero-order chi connectivity index (χ0) is 8.55. The second-order valence-electron chi connectivity index (χ2n) is 5.08. The molecule has 0 nitrogen and oxygen atoms in total. The van der Waals surface area contributed by atoms with E-state index in [1.165, 1.54) is 19.3 Å². The Balaban J connectivity index is 1.99. The molecular weight excluding hydrogens is 144 g/mol. The largest absolute Gasteiger partial charge is 0.0651 e. The molecule has 0 aromatic carbocycles. The second-order valence-corrected chi connectivity index (χ2v) is 5.08. The van der Waals surface area contributed by atoms with Gasteiger partial charge < -0.3 is 0 Å². The molecule has 0 heteroatoms. The maximum absolute atomic E-state index is 2.48. The Hall–Kier alpha value is 0. The van der Waals surface area contributed by atoms with Crippen LogP contribution >= 0.6 is 0 Å². The third-order valence-corrected chi connectivity index (χ3v) is 4.39. The van der Waals surface area contributed by atoms with Gasteiger partial charge in [0.2, 0.25) is 0 Å². The Morgan fingerprint density at radius 3 is 2.67 bits per heavy atom. The summed E-state index contributed by atoms with van der Waals surface area (Å²) in [4.78, 5) is 0. The van der Waals surface area contributed by atoms with E-state index in [9.17, 15) is 0 Å². The molecule has 2 fully saturated rings. The highest BCUT2D eigenvalue weighted by atomic mass is 14.4. The number of hydrogen-bond donors (Lipinski definition) is 0. The van der Waals surface area contributed by atoms with E-state index in [1.807, 2.05) is 0 Å². The average Bonchev–Trinajstić information content (AvgIpc) is 2.49. The third kappa shape index (κ3) is 1.41. The first-order chi connectivity index (χ1) is 5.81. The predicted molar refractivity (Wildman–Crippen MR) is 53.0 cm³/mol. The molecule has 0 bridgehead atoms. The van der Waals surface area contributed by atoms with Crippen LogP contribution in [0.1, 0.15) is 52.4 Å². The molecule has 0 aliphatic heterocycles. The van der Waals surface area contributed by atoms with Crippen LogP contribution in [0.5, 0.6) is 0 Å². The second kappa shape index (κ2) is 3.40. The zero-order valence-corrected chi connectivity index (χ0v) is 8.55. The highest BCUT2D eigenvalue weighted by Crippen LogP contribution is 2.48. The normalized spacial score (nSPS) is 47.5. The van der Waals surface area contributed by atoms with Crippen LogP contribution in [-0.2, 0) is 0 Å². The van der Waals surface area contributed by atoms with E-state index >= 15 is 0 Å². The van der Waals surface area contributed by atoms with Gasteiger partial charge in [0.25, 0.3) is 0 Å². The topological polar surface area (TPSA) is 0 Å². The summed E-state index contributed by atoms with van der Waals surface area (Å²) in [5.74, 6) is 4.36. The summed E-state index contributed by atoms with van der Waals surface area (Å²) in [5, 5.41) is 0. The lowest BCUT2D eigenvalue weighted by Gasteiger charge is -2.31. The summed E-state index contributed by atoms with van der Waals surface area (Å²) in [6.07, 6.45) is 9.12. The van der Waals surface area contributed by atoms with Gasteiger partial charge in [-0.1, -0.05) is 39.5 Å². The van der Waals surface area contributed by atoms with Crippen molar-refractivity contribution >= 4 is 0 Å². The Labute approximate surface area is 76.7 Å². The van der Waals surface area contributed by atoms with Gasteiger partial charge >= 0.3 is 0 Å². The number of fused-ring (bicyclic) bond motifs is 1. The predicted octanol–water partition coefficient (Wildman–Crippen LogP) is 3.86. The first kappa shape index (κ1) is 8.59. The molecule has 0 aromatic rings. The molecular formula is C12H22. The van der Waals surface area contributed by atoms with Crippen LogP contribution in [0.3, 0.4) is 0 Å². The van der Waals surface area contributed by atoms with Crippen LogP contribution < -0.4 is 0 Å². The summed E-state index contributed by atoms with van der Waals surface area (Å²) in [7, 11) is 0. The first-order valence-corrected chi connectivity index (χ1v) is 5.81. The van der Waals surface area contributed by atoms with E-state index in [0.29, 0.717) is 0 Å². The summed E-state index contributed by atoms with van der Waals surface area (Å²) >= 11 is 0. The molecule has 0 radical (unpaired) electrons. The molecule has 0 heterocycles. The Bertz CT molecular complexity index is 150. The maximum Gasteiger partial charge on any atom is -0.0357 e. The van der Waals surface area contributed by atoms with Crippen molar-refractivity contribution in [1.29, 1.82) is 0 Å². The molecule has 0 saturated heterocycles.